The Morgan fingerprint density at radius 2 is 1.68 bits per heavy atom. The minimum absolute atomic E-state index is 0.0282. The van der Waals surface area contributed by atoms with Gasteiger partial charge < -0.3 is 9.47 Å². The third kappa shape index (κ3) is 5.63. The van der Waals surface area contributed by atoms with E-state index in [2.05, 4.69) is 4.90 Å². The summed E-state index contributed by atoms with van der Waals surface area (Å²) >= 11 is 6.08. The number of halogens is 5. The quantitative estimate of drug-likeness (QED) is 0.226. The Morgan fingerprint density at radius 1 is 0.976 bits per heavy atom. The number of likely N-dealkylation sites (tertiary alicyclic amines) is 1. The van der Waals surface area contributed by atoms with Crippen molar-refractivity contribution in [2.24, 2.45) is 0 Å². The summed E-state index contributed by atoms with van der Waals surface area (Å²) in [5, 5.41) is 0.0905. The van der Waals surface area contributed by atoms with E-state index >= 15 is 4.39 Å². The van der Waals surface area contributed by atoms with E-state index in [-0.39, 0.29) is 33.1 Å². The lowest BCUT2D eigenvalue weighted by Gasteiger charge is -2.26. The predicted molar refractivity (Wildman–Crippen MR) is 145 cm³/mol. The van der Waals surface area contributed by atoms with Crippen molar-refractivity contribution >= 4 is 29.2 Å². The van der Waals surface area contributed by atoms with E-state index in [0.29, 0.717) is 17.0 Å². The number of fused-ring (bicyclic) bond motifs is 1. The molecule has 3 aromatic carbocycles. The highest BCUT2D eigenvalue weighted by Crippen LogP contribution is 2.51. The Morgan fingerprint density at radius 3 is 2.34 bits per heavy atom. The van der Waals surface area contributed by atoms with Gasteiger partial charge in [-0.15, -0.1) is 0 Å². The number of hydrogen-bond donors (Lipinski definition) is 0. The second-order valence-electron chi connectivity index (χ2n) is 10.1. The van der Waals surface area contributed by atoms with Crippen molar-refractivity contribution in [2.75, 3.05) is 31.8 Å². The lowest BCUT2D eigenvalue weighted by Crippen LogP contribution is -2.40. The third-order valence-electron chi connectivity index (χ3n) is 7.43. The molecule has 1 atom stereocenters. The van der Waals surface area contributed by atoms with E-state index in [0.717, 1.165) is 44.1 Å². The molecule has 1 saturated heterocycles. The van der Waals surface area contributed by atoms with E-state index in [1.165, 1.54) is 31.7 Å². The zero-order valence-corrected chi connectivity index (χ0v) is 22.9. The number of rotatable bonds is 7. The van der Waals surface area contributed by atoms with E-state index in [1.54, 1.807) is 24.3 Å². The molecule has 1 fully saturated rings. The molecule has 11 heteroatoms. The van der Waals surface area contributed by atoms with Crippen LogP contribution >= 0.6 is 11.6 Å². The van der Waals surface area contributed by atoms with Crippen molar-refractivity contribution in [1.29, 1.82) is 0 Å². The Kier molecular flexibility index (Phi) is 7.98. The average Bonchev–Trinajstić information content (AvgIpc) is 3.18. The smallest absolute Gasteiger partial charge is 0.416 e. The highest BCUT2D eigenvalue weighted by atomic mass is 35.5. The van der Waals surface area contributed by atoms with Gasteiger partial charge in [0.25, 0.3) is 5.91 Å². The molecule has 2 aliphatic heterocycles. The van der Waals surface area contributed by atoms with Gasteiger partial charge in [0.1, 0.15) is 5.75 Å². The Hall–Kier alpha value is -3.63. The van der Waals surface area contributed by atoms with Crippen LogP contribution in [0.1, 0.15) is 51.9 Å². The lowest BCUT2D eigenvalue weighted by atomic mass is 9.88. The summed E-state index contributed by atoms with van der Waals surface area (Å²) < 4.78 is 68.1. The molecule has 0 N–H and O–H groups in total. The van der Waals surface area contributed by atoms with Crippen molar-refractivity contribution in [2.45, 2.75) is 37.7 Å². The number of carbonyl (C=O) groups is 2. The molecule has 0 bridgehead atoms. The molecule has 0 spiro atoms. The zero-order valence-electron chi connectivity index (χ0n) is 22.1. The molecular formula is C30H27ClF4N2O4. The van der Waals surface area contributed by atoms with Crippen LogP contribution in [0.25, 0.3) is 0 Å². The van der Waals surface area contributed by atoms with Crippen LogP contribution in [0, 0.1) is 0 Å². The molecule has 0 aromatic heterocycles. The topological polar surface area (TPSA) is 59.1 Å². The average molecular weight is 591 g/mol. The summed E-state index contributed by atoms with van der Waals surface area (Å²) in [4.78, 5) is 29.4. The fraction of sp³-hybridized carbons (Fsp3) is 0.333. The minimum atomic E-state index is -4.76. The van der Waals surface area contributed by atoms with Gasteiger partial charge in [-0.1, -0.05) is 36.2 Å². The number of esters is 1. The van der Waals surface area contributed by atoms with Gasteiger partial charge in [-0.2, -0.15) is 13.2 Å². The molecule has 2 heterocycles. The molecule has 2 aliphatic rings. The minimum Gasteiger partial charge on any atom is -0.496 e. The molecule has 216 valence electrons. The first-order chi connectivity index (χ1) is 19.5. The van der Waals surface area contributed by atoms with Crippen LogP contribution in [0.15, 0.2) is 60.7 Å². The summed E-state index contributed by atoms with van der Waals surface area (Å²) in [5.74, 6) is -2.08. The molecule has 0 aliphatic carbocycles. The number of hydrogen-bond acceptors (Lipinski definition) is 5. The second-order valence-corrected chi connectivity index (χ2v) is 10.5. The molecular weight excluding hydrogens is 564 g/mol. The van der Waals surface area contributed by atoms with Crippen molar-refractivity contribution in [3.05, 3.63) is 93.5 Å². The van der Waals surface area contributed by atoms with Gasteiger partial charge in [0.15, 0.2) is 6.73 Å². The first kappa shape index (κ1) is 28.9. The predicted octanol–water partition coefficient (Wildman–Crippen LogP) is 6.73. The highest BCUT2D eigenvalue weighted by molar-refractivity contribution is 6.30. The Balaban J connectivity index is 1.41. The molecule has 41 heavy (non-hydrogen) atoms. The van der Waals surface area contributed by atoms with Gasteiger partial charge in [0.05, 0.1) is 23.9 Å². The number of nitrogens with zero attached hydrogens (tertiary/aromatic N) is 2. The maximum absolute atomic E-state index is 16.9. The van der Waals surface area contributed by atoms with Crippen LogP contribution < -0.4 is 9.64 Å². The molecule has 1 unspecified atom stereocenters. The molecule has 0 radical (unpaired) electrons. The highest BCUT2D eigenvalue weighted by Gasteiger charge is 2.55. The zero-order chi connectivity index (χ0) is 29.4. The first-order valence-electron chi connectivity index (χ1n) is 13.1. The third-order valence-corrected chi connectivity index (χ3v) is 7.66. The largest absolute Gasteiger partial charge is 0.496 e. The van der Waals surface area contributed by atoms with Crippen molar-refractivity contribution in [3.8, 4) is 5.75 Å². The van der Waals surface area contributed by atoms with Crippen LogP contribution in [0.4, 0.5) is 23.2 Å². The normalized spacial score (nSPS) is 19.3. The number of carbonyl (C=O) groups excluding carboxylic acids is 2. The van der Waals surface area contributed by atoms with Gasteiger partial charge in [-0.25, -0.2) is 9.18 Å². The van der Waals surface area contributed by atoms with E-state index < -0.39 is 36.0 Å². The van der Waals surface area contributed by atoms with Gasteiger partial charge in [0, 0.05) is 22.7 Å². The maximum Gasteiger partial charge on any atom is 0.416 e. The van der Waals surface area contributed by atoms with Gasteiger partial charge >= 0.3 is 12.1 Å². The Bertz CT molecular complexity index is 1460. The molecule has 6 nitrogen and oxygen atoms in total. The number of anilines is 1. The SMILES string of the molecule is COc1ccc(Cl)cc1C1(F)C(=O)N(COC(=O)c2ccc(CN3CCCCC3)cc2)c2cc(C(F)(F)F)ccc21. The van der Waals surface area contributed by atoms with Gasteiger partial charge in [0.2, 0.25) is 5.67 Å². The van der Waals surface area contributed by atoms with Crippen molar-refractivity contribution in [3.63, 3.8) is 0 Å². The Labute approximate surface area is 239 Å². The van der Waals surface area contributed by atoms with Crippen LogP contribution in [0.3, 0.4) is 0 Å². The van der Waals surface area contributed by atoms with Crippen LogP contribution in [-0.2, 0) is 27.9 Å². The summed E-state index contributed by atoms with van der Waals surface area (Å²) in [6.07, 6.45) is -1.24. The summed E-state index contributed by atoms with van der Waals surface area (Å²) in [6.45, 7) is 1.97. The lowest BCUT2D eigenvalue weighted by molar-refractivity contribution is -0.137. The number of methoxy groups -OCH3 is 1. The first-order valence-corrected chi connectivity index (χ1v) is 13.4. The molecule has 5 rings (SSSR count). The van der Waals surface area contributed by atoms with E-state index in [9.17, 15) is 22.8 Å². The summed E-state index contributed by atoms with van der Waals surface area (Å²) in [6, 6.07) is 13.0. The van der Waals surface area contributed by atoms with E-state index in [4.69, 9.17) is 21.1 Å². The number of benzene rings is 3. The second kappa shape index (κ2) is 11.3. The number of alkyl halides is 4. The van der Waals surface area contributed by atoms with Crippen molar-refractivity contribution < 1.29 is 36.6 Å². The monoisotopic (exact) mass is 590 g/mol. The maximum atomic E-state index is 16.9. The van der Waals surface area contributed by atoms with Crippen molar-refractivity contribution in [1.82, 2.24) is 4.90 Å². The summed E-state index contributed by atoms with van der Waals surface area (Å²) in [7, 11) is 1.26. The standard InChI is InChI=1S/C30H27ClF4N2O4/c1-40-26-12-10-22(31)16-24(26)29(32)23-11-9-21(30(33,34)35)15-25(23)37(28(29)39)18-41-27(38)20-7-5-19(6-8-20)17-36-13-3-2-4-14-36/h5-12,15-16H,2-4,13-14,17-18H2,1H3. The van der Waals surface area contributed by atoms with E-state index in [1.807, 2.05) is 0 Å². The molecule has 3 aromatic rings. The van der Waals surface area contributed by atoms with Crippen LogP contribution in [-0.4, -0.2) is 43.7 Å². The number of piperidine rings is 1. The van der Waals surface area contributed by atoms with Crippen LogP contribution in [0.5, 0.6) is 5.75 Å². The number of amides is 1. The fourth-order valence-electron chi connectivity index (χ4n) is 5.30. The molecule has 1 amide bonds. The van der Waals surface area contributed by atoms with Crippen LogP contribution in [0.2, 0.25) is 5.02 Å². The number of ether oxygens (including phenoxy) is 2. The van der Waals surface area contributed by atoms with Gasteiger partial charge in [-0.05, 0) is 74.0 Å². The summed E-state index contributed by atoms with van der Waals surface area (Å²) in [5.41, 5.74) is -3.84. The van der Waals surface area contributed by atoms with Gasteiger partial charge in [-0.3, -0.25) is 14.6 Å². The fourth-order valence-corrected chi connectivity index (χ4v) is 5.47. The molecule has 0 saturated carbocycles.